The molecule has 0 radical (unpaired) electrons. The van der Waals surface area contributed by atoms with Gasteiger partial charge in [-0.15, -0.1) is 10.2 Å². The van der Waals surface area contributed by atoms with Gasteiger partial charge < -0.3 is 10.1 Å². The molecule has 0 aliphatic carbocycles. The molecule has 2 N–H and O–H groups in total. The SMILES string of the molecule is Cc1cc(=O)[nH]c(Sc2ccc(C(=O)O)nn2)n1. The Hall–Kier alpha value is -2.22. The number of aromatic amines is 1. The predicted molar refractivity (Wildman–Crippen MR) is 62.7 cm³/mol. The first-order chi connectivity index (χ1) is 8.54. The number of aryl methyl sites for hydroxylation is 1. The number of carboxylic acids is 1. The van der Waals surface area contributed by atoms with Crippen molar-refractivity contribution in [3.63, 3.8) is 0 Å². The van der Waals surface area contributed by atoms with E-state index in [2.05, 4.69) is 20.2 Å². The lowest BCUT2D eigenvalue weighted by Gasteiger charge is -2.00. The average Bonchev–Trinajstić information content (AvgIpc) is 2.28. The number of H-pyrrole nitrogens is 1. The van der Waals surface area contributed by atoms with Gasteiger partial charge in [0.1, 0.15) is 5.03 Å². The van der Waals surface area contributed by atoms with Gasteiger partial charge in [0, 0.05) is 11.8 Å². The summed E-state index contributed by atoms with van der Waals surface area (Å²) < 4.78 is 0. The molecule has 0 spiro atoms. The van der Waals surface area contributed by atoms with Crippen LogP contribution in [0.1, 0.15) is 16.2 Å². The van der Waals surface area contributed by atoms with E-state index in [1.54, 1.807) is 6.92 Å². The summed E-state index contributed by atoms with van der Waals surface area (Å²) in [6.45, 7) is 1.71. The van der Waals surface area contributed by atoms with E-state index in [9.17, 15) is 9.59 Å². The van der Waals surface area contributed by atoms with Crippen LogP contribution in [-0.4, -0.2) is 31.2 Å². The van der Waals surface area contributed by atoms with E-state index in [1.807, 2.05) is 0 Å². The number of aromatic nitrogens is 4. The summed E-state index contributed by atoms with van der Waals surface area (Å²) in [5.74, 6) is -1.14. The van der Waals surface area contributed by atoms with Crippen LogP contribution in [0.25, 0.3) is 0 Å². The highest BCUT2D eigenvalue weighted by Crippen LogP contribution is 2.20. The summed E-state index contributed by atoms with van der Waals surface area (Å²) in [5.41, 5.74) is 0.210. The van der Waals surface area contributed by atoms with Gasteiger partial charge in [-0.1, -0.05) is 0 Å². The summed E-state index contributed by atoms with van der Waals surface area (Å²) in [7, 11) is 0. The van der Waals surface area contributed by atoms with Crippen molar-refractivity contribution in [2.45, 2.75) is 17.1 Å². The third kappa shape index (κ3) is 2.92. The third-order valence-electron chi connectivity index (χ3n) is 1.91. The first-order valence-electron chi connectivity index (χ1n) is 4.87. The zero-order chi connectivity index (χ0) is 13.1. The third-order valence-corrected chi connectivity index (χ3v) is 2.72. The van der Waals surface area contributed by atoms with Gasteiger partial charge >= 0.3 is 5.97 Å². The van der Waals surface area contributed by atoms with Crippen molar-refractivity contribution in [1.82, 2.24) is 20.2 Å². The molecule has 18 heavy (non-hydrogen) atoms. The van der Waals surface area contributed by atoms with E-state index in [4.69, 9.17) is 5.11 Å². The fourth-order valence-corrected chi connectivity index (χ4v) is 1.94. The van der Waals surface area contributed by atoms with Gasteiger partial charge in [-0.3, -0.25) is 4.79 Å². The second-order valence-corrected chi connectivity index (χ2v) is 4.37. The number of rotatable bonds is 3. The molecule has 0 aromatic carbocycles. The lowest BCUT2D eigenvalue weighted by atomic mass is 10.4. The van der Waals surface area contributed by atoms with Gasteiger partial charge in [0.2, 0.25) is 0 Å². The van der Waals surface area contributed by atoms with Gasteiger partial charge in [-0.2, -0.15) is 0 Å². The molecule has 0 saturated carbocycles. The van der Waals surface area contributed by atoms with E-state index in [0.29, 0.717) is 15.9 Å². The van der Waals surface area contributed by atoms with Crippen molar-refractivity contribution in [2.75, 3.05) is 0 Å². The molecule has 0 bridgehead atoms. The van der Waals surface area contributed by atoms with Crippen LogP contribution in [0.2, 0.25) is 0 Å². The molecule has 2 heterocycles. The molecule has 92 valence electrons. The largest absolute Gasteiger partial charge is 0.476 e. The zero-order valence-electron chi connectivity index (χ0n) is 9.25. The Morgan fingerprint density at radius 1 is 1.39 bits per heavy atom. The first-order valence-corrected chi connectivity index (χ1v) is 5.69. The molecule has 7 nitrogen and oxygen atoms in total. The van der Waals surface area contributed by atoms with Crippen molar-refractivity contribution in [1.29, 1.82) is 0 Å². The van der Waals surface area contributed by atoms with Crippen LogP contribution in [0.4, 0.5) is 0 Å². The average molecular weight is 264 g/mol. The zero-order valence-corrected chi connectivity index (χ0v) is 10.1. The lowest BCUT2D eigenvalue weighted by molar-refractivity contribution is 0.0689. The summed E-state index contributed by atoms with van der Waals surface area (Å²) in [6.07, 6.45) is 0. The van der Waals surface area contributed by atoms with Crippen LogP contribution in [0.5, 0.6) is 0 Å². The number of aromatic carboxylic acids is 1. The Morgan fingerprint density at radius 3 is 2.72 bits per heavy atom. The molecule has 2 rings (SSSR count). The fourth-order valence-electron chi connectivity index (χ4n) is 1.19. The molecule has 0 fully saturated rings. The molecular formula is C10H8N4O3S. The number of carboxylic acid groups (broad SMARTS) is 1. The summed E-state index contributed by atoms with van der Waals surface area (Å²) in [6, 6.07) is 4.22. The minimum atomic E-state index is -1.14. The topological polar surface area (TPSA) is 109 Å². The van der Waals surface area contributed by atoms with E-state index >= 15 is 0 Å². The van der Waals surface area contributed by atoms with E-state index in [0.717, 1.165) is 11.8 Å². The standard InChI is InChI=1S/C10H8N4O3S/c1-5-4-7(15)12-10(11-5)18-8-3-2-6(9(16)17)13-14-8/h2-4H,1H3,(H,16,17)(H,11,12,15). The molecule has 2 aromatic heterocycles. The van der Waals surface area contributed by atoms with Gasteiger partial charge in [-0.05, 0) is 30.8 Å². The fraction of sp³-hybridized carbons (Fsp3) is 0.100. The van der Waals surface area contributed by atoms with Gasteiger partial charge in [-0.25, -0.2) is 9.78 Å². The van der Waals surface area contributed by atoms with Crippen LogP contribution in [-0.2, 0) is 0 Å². The maximum absolute atomic E-state index is 11.2. The van der Waals surface area contributed by atoms with Crippen molar-refractivity contribution in [3.8, 4) is 0 Å². The van der Waals surface area contributed by atoms with Crippen molar-refractivity contribution in [2.24, 2.45) is 0 Å². The molecule has 8 heteroatoms. The van der Waals surface area contributed by atoms with Crippen LogP contribution in [0, 0.1) is 6.92 Å². The second kappa shape index (κ2) is 4.96. The maximum atomic E-state index is 11.2. The predicted octanol–water partition coefficient (Wildman–Crippen LogP) is 0.718. The molecule has 2 aromatic rings. The minimum absolute atomic E-state index is 0.134. The minimum Gasteiger partial charge on any atom is -0.476 e. The quantitative estimate of drug-likeness (QED) is 0.786. The van der Waals surface area contributed by atoms with Crippen LogP contribution in [0.3, 0.4) is 0 Å². The molecule has 0 atom stereocenters. The first kappa shape index (κ1) is 12.2. The number of hydrogen-bond donors (Lipinski definition) is 2. The van der Waals surface area contributed by atoms with E-state index < -0.39 is 5.97 Å². The molecule has 0 unspecified atom stereocenters. The Kier molecular flexibility index (Phi) is 3.38. The molecule has 0 aliphatic rings. The Labute approximate surface area is 105 Å². The highest BCUT2D eigenvalue weighted by molar-refractivity contribution is 7.99. The normalized spacial score (nSPS) is 10.3. The summed E-state index contributed by atoms with van der Waals surface area (Å²) >= 11 is 1.10. The lowest BCUT2D eigenvalue weighted by Crippen LogP contribution is -2.08. The number of hydrogen-bond acceptors (Lipinski definition) is 6. The molecular weight excluding hydrogens is 256 g/mol. The smallest absolute Gasteiger partial charge is 0.356 e. The van der Waals surface area contributed by atoms with Crippen molar-refractivity contribution >= 4 is 17.7 Å². The van der Waals surface area contributed by atoms with Crippen molar-refractivity contribution in [3.05, 3.63) is 39.9 Å². The summed E-state index contributed by atoms with van der Waals surface area (Å²) in [4.78, 5) is 28.5. The molecule has 0 saturated heterocycles. The maximum Gasteiger partial charge on any atom is 0.356 e. The Bertz CT molecular complexity index is 638. The highest BCUT2D eigenvalue weighted by atomic mass is 32.2. The summed E-state index contributed by atoms with van der Waals surface area (Å²) in [5, 5.41) is 16.8. The van der Waals surface area contributed by atoms with E-state index in [1.165, 1.54) is 18.2 Å². The number of carbonyl (C=O) groups is 1. The van der Waals surface area contributed by atoms with Gasteiger partial charge in [0.05, 0.1) is 0 Å². The van der Waals surface area contributed by atoms with Gasteiger partial charge in [0.15, 0.2) is 10.9 Å². The van der Waals surface area contributed by atoms with Crippen molar-refractivity contribution < 1.29 is 9.90 Å². The monoisotopic (exact) mass is 264 g/mol. The Morgan fingerprint density at radius 2 is 2.17 bits per heavy atom. The number of nitrogens with zero attached hydrogens (tertiary/aromatic N) is 3. The van der Waals surface area contributed by atoms with Crippen LogP contribution >= 0.6 is 11.8 Å². The van der Waals surface area contributed by atoms with Crippen LogP contribution in [0.15, 0.2) is 33.2 Å². The number of nitrogens with one attached hydrogen (secondary N) is 1. The molecule has 0 aliphatic heterocycles. The Balaban J connectivity index is 2.23. The second-order valence-electron chi connectivity index (χ2n) is 3.36. The highest BCUT2D eigenvalue weighted by Gasteiger charge is 2.07. The molecule has 0 amide bonds. The van der Waals surface area contributed by atoms with E-state index in [-0.39, 0.29) is 11.3 Å². The van der Waals surface area contributed by atoms with Crippen LogP contribution < -0.4 is 5.56 Å². The van der Waals surface area contributed by atoms with Gasteiger partial charge in [0.25, 0.3) is 5.56 Å².